The molecule has 2 aromatic carbocycles. The number of anilines is 2. The molecule has 0 spiro atoms. The molecule has 0 bridgehead atoms. The van der Waals surface area contributed by atoms with E-state index in [1.54, 1.807) is 17.8 Å². The minimum atomic E-state index is -0.307. The maximum Gasteiger partial charge on any atom is 0.291 e. The number of hydrogen-bond donors (Lipinski definition) is 2. The summed E-state index contributed by atoms with van der Waals surface area (Å²) in [6, 6.07) is 17.3. The Hall–Kier alpha value is -2.64. The number of fused-ring (bicyclic) bond motifs is 1. The van der Waals surface area contributed by atoms with E-state index >= 15 is 0 Å². The molecule has 2 heterocycles. The number of furan rings is 1. The van der Waals surface area contributed by atoms with Crippen LogP contribution in [0.2, 0.25) is 0 Å². The zero-order valence-corrected chi connectivity index (χ0v) is 15.9. The molecule has 0 unspecified atom stereocenters. The van der Waals surface area contributed by atoms with E-state index in [0.717, 1.165) is 15.4 Å². The summed E-state index contributed by atoms with van der Waals surface area (Å²) in [4.78, 5) is 26.3. The van der Waals surface area contributed by atoms with Crippen molar-refractivity contribution in [3.05, 3.63) is 72.2 Å². The van der Waals surface area contributed by atoms with Crippen molar-refractivity contribution < 1.29 is 14.0 Å². The van der Waals surface area contributed by atoms with Crippen molar-refractivity contribution in [2.75, 3.05) is 16.4 Å². The summed E-state index contributed by atoms with van der Waals surface area (Å²) in [7, 11) is 0. The van der Waals surface area contributed by atoms with Gasteiger partial charge >= 0.3 is 0 Å². The smallest absolute Gasteiger partial charge is 0.291 e. The van der Waals surface area contributed by atoms with Crippen LogP contribution >= 0.6 is 23.5 Å². The van der Waals surface area contributed by atoms with Gasteiger partial charge in [0.1, 0.15) is 0 Å². The predicted octanol–water partition coefficient (Wildman–Crippen LogP) is 4.87. The van der Waals surface area contributed by atoms with Gasteiger partial charge in [-0.2, -0.15) is 0 Å². The zero-order chi connectivity index (χ0) is 18.6. The molecule has 7 heteroatoms. The fraction of sp³-hybridized carbons (Fsp3) is 0.100. The maximum atomic E-state index is 12.6. The van der Waals surface area contributed by atoms with E-state index in [9.17, 15) is 9.59 Å². The molecule has 0 atom stereocenters. The molecule has 0 radical (unpaired) electrons. The number of carbonyl (C=O) groups is 2. The quantitative estimate of drug-likeness (QED) is 0.602. The number of thioether (sulfide) groups is 2. The Morgan fingerprint density at radius 3 is 2.89 bits per heavy atom. The van der Waals surface area contributed by atoms with Gasteiger partial charge in [-0.15, -0.1) is 23.5 Å². The van der Waals surface area contributed by atoms with E-state index in [1.807, 2.05) is 48.5 Å². The minimum absolute atomic E-state index is 0.0396. The SMILES string of the molecule is O=C1CSc2ccc(NC(=O)c3occc3CSc3ccccc3)cc2N1. The van der Waals surface area contributed by atoms with E-state index < -0.39 is 0 Å². The average molecular weight is 396 g/mol. The largest absolute Gasteiger partial charge is 0.459 e. The van der Waals surface area contributed by atoms with Crippen molar-refractivity contribution in [3.8, 4) is 0 Å². The van der Waals surface area contributed by atoms with E-state index in [-0.39, 0.29) is 11.8 Å². The van der Waals surface area contributed by atoms with Crippen molar-refractivity contribution in [1.29, 1.82) is 0 Å². The van der Waals surface area contributed by atoms with Crippen LogP contribution in [0.4, 0.5) is 11.4 Å². The number of hydrogen-bond acceptors (Lipinski definition) is 5. The number of benzene rings is 2. The third-order valence-corrected chi connectivity index (χ3v) is 6.10. The van der Waals surface area contributed by atoms with E-state index in [2.05, 4.69) is 10.6 Å². The van der Waals surface area contributed by atoms with Gasteiger partial charge in [-0.25, -0.2) is 0 Å². The lowest BCUT2D eigenvalue weighted by molar-refractivity contribution is -0.113. The Morgan fingerprint density at radius 2 is 2.04 bits per heavy atom. The highest BCUT2D eigenvalue weighted by Crippen LogP contribution is 2.33. The molecule has 136 valence electrons. The summed E-state index contributed by atoms with van der Waals surface area (Å²) >= 11 is 3.13. The number of rotatable bonds is 5. The molecule has 2 N–H and O–H groups in total. The normalized spacial score (nSPS) is 13.0. The van der Waals surface area contributed by atoms with Crippen LogP contribution in [-0.4, -0.2) is 17.6 Å². The van der Waals surface area contributed by atoms with E-state index in [4.69, 9.17) is 4.42 Å². The van der Waals surface area contributed by atoms with Crippen molar-refractivity contribution in [3.63, 3.8) is 0 Å². The number of nitrogens with one attached hydrogen (secondary N) is 2. The van der Waals surface area contributed by atoms with Gasteiger partial charge < -0.3 is 15.1 Å². The lowest BCUT2D eigenvalue weighted by Gasteiger charge is -2.17. The van der Waals surface area contributed by atoms with Crippen molar-refractivity contribution >= 4 is 46.7 Å². The number of carbonyl (C=O) groups excluding carboxylic acids is 2. The molecule has 3 aromatic rings. The van der Waals surface area contributed by atoms with Gasteiger partial charge in [-0.3, -0.25) is 9.59 Å². The monoisotopic (exact) mass is 396 g/mol. The van der Waals surface area contributed by atoms with Crippen LogP contribution in [0, 0.1) is 0 Å². The summed E-state index contributed by atoms with van der Waals surface area (Å²) in [6.07, 6.45) is 1.53. The topological polar surface area (TPSA) is 71.3 Å². The van der Waals surface area contributed by atoms with Gasteiger partial charge in [-0.05, 0) is 36.4 Å². The molecule has 0 saturated carbocycles. The second-order valence-corrected chi connectivity index (χ2v) is 7.94. The van der Waals surface area contributed by atoms with Gasteiger partial charge in [0.05, 0.1) is 17.7 Å². The lowest BCUT2D eigenvalue weighted by atomic mass is 10.2. The zero-order valence-electron chi connectivity index (χ0n) is 14.2. The molecule has 1 aromatic heterocycles. The third-order valence-electron chi connectivity index (χ3n) is 3.96. The first-order chi connectivity index (χ1) is 13.2. The molecule has 5 nitrogen and oxygen atoms in total. The lowest BCUT2D eigenvalue weighted by Crippen LogP contribution is -2.19. The van der Waals surface area contributed by atoms with Crippen LogP contribution in [0.25, 0.3) is 0 Å². The first-order valence-electron chi connectivity index (χ1n) is 8.31. The predicted molar refractivity (Wildman–Crippen MR) is 108 cm³/mol. The Balaban J connectivity index is 1.45. The molecule has 0 aliphatic carbocycles. The minimum Gasteiger partial charge on any atom is -0.459 e. The fourth-order valence-electron chi connectivity index (χ4n) is 2.68. The highest BCUT2D eigenvalue weighted by atomic mass is 32.2. The summed E-state index contributed by atoms with van der Waals surface area (Å²) in [5.74, 6) is 1.00. The molecule has 0 saturated heterocycles. The van der Waals surface area contributed by atoms with E-state index in [0.29, 0.717) is 28.6 Å². The average Bonchev–Trinajstić information content (AvgIpc) is 3.15. The van der Waals surface area contributed by atoms with Crippen molar-refractivity contribution in [2.45, 2.75) is 15.5 Å². The summed E-state index contributed by atoms with van der Waals surface area (Å²) < 4.78 is 5.42. The second kappa shape index (κ2) is 7.94. The third kappa shape index (κ3) is 4.20. The standard InChI is InChI=1S/C20H16N2O3S2/c23-18-12-27-17-7-6-14(10-16(17)22-18)21-20(24)19-13(8-9-25-19)11-26-15-4-2-1-3-5-15/h1-10H,11-12H2,(H,21,24)(H,22,23). The highest BCUT2D eigenvalue weighted by molar-refractivity contribution is 8.00. The van der Waals surface area contributed by atoms with Crippen LogP contribution < -0.4 is 10.6 Å². The van der Waals surface area contributed by atoms with Gasteiger partial charge in [0.2, 0.25) is 5.91 Å². The first-order valence-corrected chi connectivity index (χ1v) is 10.3. The molecule has 2 amide bonds. The maximum absolute atomic E-state index is 12.6. The molecule has 27 heavy (non-hydrogen) atoms. The summed E-state index contributed by atoms with van der Waals surface area (Å²) in [5, 5.41) is 5.67. The molecular formula is C20H16N2O3S2. The van der Waals surface area contributed by atoms with Gasteiger partial charge in [-0.1, -0.05) is 18.2 Å². The van der Waals surface area contributed by atoms with Gasteiger partial charge in [0, 0.05) is 26.8 Å². The molecule has 4 rings (SSSR count). The molecule has 1 aliphatic heterocycles. The van der Waals surface area contributed by atoms with Crippen LogP contribution in [0.1, 0.15) is 16.1 Å². The Morgan fingerprint density at radius 1 is 1.19 bits per heavy atom. The Kier molecular flexibility index (Phi) is 5.22. The van der Waals surface area contributed by atoms with Crippen LogP contribution in [0.15, 0.2) is 75.1 Å². The Labute approximate surface area is 164 Å². The van der Waals surface area contributed by atoms with Crippen LogP contribution in [-0.2, 0) is 10.5 Å². The van der Waals surface area contributed by atoms with E-state index in [1.165, 1.54) is 18.0 Å². The van der Waals surface area contributed by atoms with Crippen LogP contribution in [0.3, 0.4) is 0 Å². The summed E-state index contributed by atoms with van der Waals surface area (Å²) in [6.45, 7) is 0. The van der Waals surface area contributed by atoms with Gasteiger partial charge in [0.25, 0.3) is 5.91 Å². The second-order valence-electron chi connectivity index (χ2n) is 5.88. The molecular weight excluding hydrogens is 380 g/mol. The Bertz CT molecular complexity index is 986. The number of amides is 2. The first kappa shape index (κ1) is 17.8. The molecule has 0 fully saturated rings. The molecule has 1 aliphatic rings. The van der Waals surface area contributed by atoms with Crippen molar-refractivity contribution in [2.24, 2.45) is 0 Å². The summed E-state index contributed by atoms with van der Waals surface area (Å²) in [5.41, 5.74) is 2.16. The van der Waals surface area contributed by atoms with Gasteiger partial charge in [0.15, 0.2) is 5.76 Å². The highest BCUT2D eigenvalue weighted by Gasteiger charge is 2.19. The fourth-order valence-corrected chi connectivity index (χ4v) is 4.36. The van der Waals surface area contributed by atoms with Crippen LogP contribution in [0.5, 0.6) is 0 Å². The van der Waals surface area contributed by atoms with Crippen molar-refractivity contribution in [1.82, 2.24) is 0 Å².